The lowest BCUT2D eigenvalue weighted by Crippen LogP contribution is -2.51. The third-order valence-electron chi connectivity index (χ3n) is 4.03. The van der Waals surface area contributed by atoms with Crippen LogP contribution in [0.2, 0.25) is 0 Å². The maximum absolute atomic E-state index is 5.37. The highest BCUT2D eigenvalue weighted by atomic mass is 16.5. The van der Waals surface area contributed by atoms with E-state index in [2.05, 4.69) is 24.3 Å². The summed E-state index contributed by atoms with van der Waals surface area (Å²) in [6.45, 7) is 8.58. The van der Waals surface area contributed by atoms with E-state index in [4.69, 9.17) is 4.74 Å². The van der Waals surface area contributed by atoms with Crippen LogP contribution in [0, 0.1) is 11.8 Å². The highest BCUT2D eigenvalue weighted by Gasteiger charge is 2.25. The minimum Gasteiger partial charge on any atom is -0.379 e. The molecule has 1 saturated carbocycles. The molecule has 2 rings (SSSR count). The largest absolute Gasteiger partial charge is 0.379 e. The van der Waals surface area contributed by atoms with Gasteiger partial charge < -0.3 is 4.74 Å². The van der Waals surface area contributed by atoms with Gasteiger partial charge in [-0.2, -0.15) is 0 Å². The Hall–Kier alpha value is -0.120. The Labute approximate surface area is 99.5 Å². The van der Waals surface area contributed by atoms with Crippen molar-refractivity contribution in [2.75, 3.05) is 26.3 Å². The first-order chi connectivity index (χ1) is 7.75. The Balaban J connectivity index is 1.75. The van der Waals surface area contributed by atoms with Crippen molar-refractivity contribution < 1.29 is 4.74 Å². The van der Waals surface area contributed by atoms with Crippen LogP contribution >= 0.6 is 0 Å². The lowest BCUT2D eigenvalue weighted by atomic mass is 9.79. The van der Waals surface area contributed by atoms with Crippen molar-refractivity contribution in [1.82, 2.24) is 10.4 Å². The Morgan fingerprint density at radius 2 is 1.94 bits per heavy atom. The van der Waals surface area contributed by atoms with Crippen LogP contribution in [-0.4, -0.2) is 37.4 Å². The van der Waals surface area contributed by atoms with E-state index in [0.717, 1.165) is 38.1 Å². The van der Waals surface area contributed by atoms with Gasteiger partial charge in [0.15, 0.2) is 0 Å². The summed E-state index contributed by atoms with van der Waals surface area (Å²) < 4.78 is 5.37. The van der Waals surface area contributed by atoms with Crippen molar-refractivity contribution in [2.45, 2.75) is 45.6 Å². The van der Waals surface area contributed by atoms with Gasteiger partial charge in [-0.3, -0.25) is 5.43 Å². The molecule has 1 aliphatic heterocycles. The van der Waals surface area contributed by atoms with E-state index in [0.29, 0.717) is 6.04 Å². The van der Waals surface area contributed by atoms with Gasteiger partial charge in [0, 0.05) is 19.1 Å². The summed E-state index contributed by atoms with van der Waals surface area (Å²) >= 11 is 0. The summed E-state index contributed by atoms with van der Waals surface area (Å²) in [5, 5.41) is 2.36. The fourth-order valence-electron chi connectivity index (χ4n) is 2.90. The molecule has 2 aliphatic rings. The molecule has 3 nitrogen and oxygen atoms in total. The van der Waals surface area contributed by atoms with Crippen molar-refractivity contribution in [3.05, 3.63) is 0 Å². The number of ether oxygens (including phenoxy) is 1. The Kier molecular flexibility index (Phi) is 4.62. The highest BCUT2D eigenvalue weighted by molar-refractivity contribution is 4.79. The Bertz CT molecular complexity index is 202. The summed E-state index contributed by atoms with van der Waals surface area (Å²) in [5.74, 6) is 1.77. The van der Waals surface area contributed by atoms with E-state index in [-0.39, 0.29) is 0 Å². The summed E-state index contributed by atoms with van der Waals surface area (Å²) in [4.78, 5) is 0. The second kappa shape index (κ2) is 5.99. The first kappa shape index (κ1) is 12.3. The molecule has 0 radical (unpaired) electrons. The number of hydrogen-bond acceptors (Lipinski definition) is 3. The van der Waals surface area contributed by atoms with Crippen molar-refractivity contribution >= 4 is 0 Å². The lowest BCUT2D eigenvalue weighted by molar-refractivity contribution is -0.00310. The van der Waals surface area contributed by atoms with Crippen LogP contribution in [0.4, 0.5) is 0 Å². The smallest absolute Gasteiger partial charge is 0.0608 e. The topological polar surface area (TPSA) is 24.5 Å². The Morgan fingerprint density at radius 1 is 1.19 bits per heavy atom. The molecule has 1 aliphatic carbocycles. The zero-order valence-corrected chi connectivity index (χ0v) is 10.7. The molecule has 1 heterocycles. The van der Waals surface area contributed by atoms with Gasteiger partial charge in [0.1, 0.15) is 0 Å². The molecule has 2 fully saturated rings. The molecule has 2 atom stereocenters. The molecule has 2 unspecified atom stereocenters. The van der Waals surface area contributed by atoms with E-state index in [1.54, 1.807) is 0 Å². The standard InChI is InChI=1S/C13H26N2O/c1-11(2)12-4-3-5-13(10-12)14-15-6-8-16-9-7-15/h11-14H,3-10H2,1-2H3. The summed E-state index contributed by atoms with van der Waals surface area (Å²) in [6.07, 6.45) is 5.53. The van der Waals surface area contributed by atoms with Crippen LogP contribution in [0.3, 0.4) is 0 Å². The molecule has 0 bridgehead atoms. The molecule has 0 spiro atoms. The third kappa shape index (κ3) is 3.44. The molecule has 1 N–H and O–H groups in total. The molecule has 0 aromatic heterocycles. The lowest BCUT2D eigenvalue weighted by Gasteiger charge is -2.37. The molecule has 3 heteroatoms. The van der Waals surface area contributed by atoms with E-state index in [1.165, 1.54) is 25.7 Å². The molecular weight excluding hydrogens is 200 g/mol. The number of morpholine rings is 1. The molecular formula is C13H26N2O. The average molecular weight is 226 g/mol. The van der Waals surface area contributed by atoms with Gasteiger partial charge in [-0.1, -0.05) is 26.7 Å². The number of hydrazine groups is 1. The number of nitrogens with one attached hydrogen (secondary N) is 1. The molecule has 0 aromatic rings. The van der Waals surface area contributed by atoms with Crippen molar-refractivity contribution in [3.63, 3.8) is 0 Å². The Morgan fingerprint density at radius 3 is 2.62 bits per heavy atom. The summed E-state index contributed by atoms with van der Waals surface area (Å²) in [7, 11) is 0. The fourth-order valence-corrected chi connectivity index (χ4v) is 2.90. The fraction of sp³-hybridized carbons (Fsp3) is 1.00. The van der Waals surface area contributed by atoms with Crippen LogP contribution < -0.4 is 5.43 Å². The van der Waals surface area contributed by atoms with Crippen molar-refractivity contribution in [2.24, 2.45) is 11.8 Å². The SMILES string of the molecule is CC(C)C1CCCC(NN2CCOCC2)C1. The molecule has 94 valence electrons. The van der Waals surface area contributed by atoms with Gasteiger partial charge in [0.2, 0.25) is 0 Å². The minimum absolute atomic E-state index is 0.708. The second-order valence-electron chi connectivity index (χ2n) is 5.60. The predicted octanol–water partition coefficient (Wildman–Crippen LogP) is 2.04. The van der Waals surface area contributed by atoms with Crippen LogP contribution in [0.5, 0.6) is 0 Å². The van der Waals surface area contributed by atoms with Gasteiger partial charge in [-0.05, 0) is 24.7 Å². The van der Waals surface area contributed by atoms with Gasteiger partial charge >= 0.3 is 0 Å². The zero-order chi connectivity index (χ0) is 11.4. The monoisotopic (exact) mass is 226 g/mol. The molecule has 0 aromatic carbocycles. The second-order valence-corrected chi connectivity index (χ2v) is 5.60. The quantitative estimate of drug-likeness (QED) is 0.797. The number of nitrogens with zero attached hydrogens (tertiary/aromatic N) is 1. The van der Waals surface area contributed by atoms with Crippen molar-refractivity contribution in [3.8, 4) is 0 Å². The van der Waals surface area contributed by atoms with E-state index in [1.807, 2.05) is 0 Å². The van der Waals surface area contributed by atoms with Gasteiger partial charge in [0.25, 0.3) is 0 Å². The van der Waals surface area contributed by atoms with Gasteiger partial charge in [-0.25, -0.2) is 5.01 Å². The van der Waals surface area contributed by atoms with Crippen LogP contribution in [-0.2, 0) is 4.74 Å². The maximum atomic E-state index is 5.37. The van der Waals surface area contributed by atoms with Crippen LogP contribution in [0.1, 0.15) is 39.5 Å². The minimum atomic E-state index is 0.708. The molecule has 1 saturated heterocycles. The summed E-state index contributed by atoms with van der Waals surface area (Å²) in [5.41, 5.74) is 3.70. The average Bonchev–Trinajstić information content (AvgIpc) is 2.30. The van der Waals surface area contributed by atoms with E-state index < -0.39 is 0 Å². The molecule has 16 heavy (non-hydrogen) atoms. The predicted molar refractivity (Wildman–Crippen MR) is 66.1 cm³/mol. The van der Waals surface area contributed by atoms with E-state index >= 15 is 0 Å². The normalized spacial score (nSPS) is 33.2. The highest BCUT2D eigenvalue weighted by Crippen LogP contribution is 2.30. The first-order valence-corrected chi connectivity index (χ1v) is 6.84. The van der Waals surface area contributed by atoms with Crippen LogP contribution in [0.15, 0.2) is 0 Å². The van der Waals surface area contributed by atoms with Crippen molar-refractivity contribution in [1.29, 1.82) is 0 Å². The zero-order valence-electron chi connectivity index (χ0n) is 10.7. The third-order valence-corrected chi connectivity index (χ3v) is 4.03. The van der Waals surface area contributed by atoms with Crippen LogP contribution in [0.25, 0.3) is 0 Å². The number of rotatable bonds is 3. The van der Waals surface area contributed by atoms with Gasteiger partial charge in [-0.15, -0.1) is 0 Å². The van der Waals surface area contributed by atoms with Gasteiger partial charge in [0.05, 0.1) is 13.2 Å². The maximum Gasteiger partial charge on any atom is 0.0608 e. The summed E-state index contributed by atoms with van der Waals surface area (Å²) in [6, 6.07) is 0.708. The van der Waals surface area contributed by atoms with E-state index in [9.17, 15) is 0 Å². The molecule has 0 amide bonds. The number of hydrogen-bond donors (Lipinski definition) is 1. The first-order valence-electron chi connectivity index (χ1n) is 6.84.